The third-order valence-corrected chi connectivity index (χ3v) is 5.84. The number of ether oxygens (including phenoxy) is 1. The lowest BCUT2D eigenvalue weighted by atomic mass is 9.73. The fraction of sp³-hybridized carbons (Fsp3) is 0.476. The highest BCUT2D eigenvalue weighted by Crippen LogP contribution is 2.38. The molecule has 1 heterocycles. The maximum Gasteiger partial charge on any atom is 0.327 e. The van der Waals surface area contributed by atoms with Crippen molar-refractivity contribution in [2.24, 2.45) is 5.92 Å². The number of urea groups is 2. The van der Waals surface area contributed by atoms with E-state index in [-0.39, 0.29) is 5.92 Å². The molecule has 1 aromatic rings. The van der Waals surface area contributed by atoms with Gasteiger partial charge in [0.15, 0.2) is 0 Å². The van der Waals surface area contributed by atoms with Crippen LogP contribution in [0.15, 0.2) is 30.3 Å². The second-order valence-corrected chi connectivity index (χ2v) is 7.79. The standard InChI is InChI=1S/C21H26N4O6/c1-13-8-6-7-11-21(13)18(28)25(20(30)24-21)12-15(26)31-16(14-9-4-3-5-10-14)17(27)23-19(29)22-2/h3-5,9-10,13,16H,6-8,11-12H2,1-2H3,(H,24,30)(H2,22,23,27,29)/t13-,16+,21-/m0/s1. The van der Waals surface area contributed by atoms with Gasteiger partial charge < -0.3 is 15.4 Å². The highest BCUT2D eigenvalue weighted by molar-refractivity contribution is 6.09. The van der Waals surface area contributed by atoms with Crippen LogP contribution in [0.1, 0.15) is 44.3 Å². The molecule has 6 amide bonds. The van der Waals surface area contributed by atoms with Crippen LogP contribution < -0.4 is 16.0 Å². The van der Waals surface area contributed by atoms with Crippen molar-refractivity contribution >= 4 is 29.8 Å². The number of esters is 1. The van der Waals surface area contributed by atoms with E-state index in [0.717, 1.165) is 24.2 Å². The minimum absolute atomic E-state index is 0.0471. The van der Waals surface area contributed by atoms with Crippen LogP contribution >= 0.6 is 0 Å². The van der Waals surface area contributed by atoms with Crippen molar-refractivity contribution in [3.05, 3.63) is 35.9 Å². The Morgan fingerprint density at radius 3 is 2.58 bits per heavy atom. The van der Waals surface area contributed by atoms with E-state index in [1.807, 2.05) is 6.92 Å². The molecule has 3 atom stereocenters. The molecule has 2 aliphatic rings. The molecule has 166 valence electrons. The van der Waals surface area contributed by atoms with Gasteiger partial charge in [-0.1, -0.05) is 50.1 Å². The molecule has 2 fully saturated rings. The van der Waals surface area contributed by atoms with Crippen LogP contribution in [0.3, 0.4) is 0 Å². The quantitative estimate of drug-likeness (QED) is 0.475. The molecule has 0 unspecified atom stereocenters. The number of nitrogens with one attached hydrogen (secondary N) is 3. The Bertz CT molecular complexity index is 889. The number of carbonyl (C=O) groups excluding carboxylic acids is 5. The Labute approximate surface area is 179 Å². The Balaban J connectivity index is 1.73. The molecule has 31 heavy (non-hydrogen) atoms. The topological polar surface area (TPSA) is 134 Å². The van der Waals surface area contributed by atoms with Crippen molar-refractivity contribution < 1.29 is 28.7 Å². The van der Waals surface area contributed by atoms with E-state index in [1.54, 1.807) is 30.3 Å². The number of imide groups is 2. The lowest BCUT2D eigenvalue weighted by molar-refractivity contribution is -0.158. The van der Waals surface area contributed by atoms with Crippen LogP contribution in [0.25, 0.3) is 0 Å². The van der Waals surface area contributed by atoms with Crippen LogP contribution in [0.2, 0.25) is 0 Å². The molecule has 1 spiro atoms. The van der Waals surface area contributed by atoms with Crippen molar-refractivity contribution in [2.45, 2.75) is 44.2 Å². The first-order chi connectivity index (χ1) is 14.8. The van der Waals surface area contributed by atoms with Crippen LogP contribution in [-0.2, 0) is 19.1 Å². The van der Waals surface area contributed by atoms with Gasteiger partial charge in [-0.15, -0.1) is 0 Å². The number of nitrogens with zero attached hydrogens (tertiary/aromatic N) is 1. The SMILES string of the molecule is CNC(=O)NC(=O)[C@H](OC(=O)CN1C(=O)N[C@]2(CCCC[C@@H]2C)C1=O)c1ccccc1. The Kier molecular flexibility index (Phi) is 6.57. The third kappa shape index (κ3) is 4.52. The molecule has 1 aromatic carbocycles. The summed E-state index contributed by atoms with van der Waals surface area (Å²) in [6, 6.07) is 6.73. The van der Waals surface area contributed by atoms with Crippen molar-refractivity contribution in [1.29, 1.82) is 0 Å². The zero-order valence-corrected chi connectivity index (χ0v) is 17.5. The zero-order valence-electron chi connectivity index (χ0n) is 17.5. The Morgan fingerprint density at radius 1 is 1.23 bits per heavy atom. The second kappa shape index (κ2) is 9.15. The lowest BCUT2D eigenvalue weighted by Gasteiger charge is -2.36. The summed E-state index contributed by atoms with van der Waals surface area (Å²) in [7, 11) is 1.34. The normalized spacial score (nSPS) is 23.8. The Morgan fingerprint density at radius 2 is 1.94 bits per heavy atom. The second-order valence-electron chi connectivity index (χ2n) is 7.79. The number of hydrogen-bond donors (Lipinski definition) is 3. The van der Waals surface area contributed by atoms with Crippen LogP contribution in [0.5, 0.6) is 0 Å². The zero-order chi connectivity index (χ0) is 22.6. The van der Waals surface area contributed by atoms with Gasteiger partial charge >= 0.3 is 18.0 Å². The molecular formula is C21H26N4O6. The Hall–Kier alpha value is -3.43. The largest absolute Gasteiger partial charge is 0.446 e. The van der Waals surface area contributed by atoms with E-state index < -0.39 is 48.0 Å². The number of carbonyl (C=O) groups is 5. The monoisotopic (exact) mass is 430 g/mol. The molecule has 0 bridgehead atoms. The number of amides is 6. The average molecular weight is 430 g/mol. The molecule has 1 aliphatic carbocycles. The van der Waals surface area contributed by atoms with Crippen molar-refractivity contribution in [2.75, 3.05) is 13.6 Å². The highest BCUT2D eigenvalue weighted by Gasteiger charge is 2.55. The maximum absolute atomic E-state index is 13.0. The fourth-order valence-electron chi connectivity index (χ4n) is 4.08. The third-order valence-electron chi connectivity index (χ3n) is 5.84. The molecule has 1 saturated carbocycles. The predicted molar refractivity (Wildman–Crippen MR) is 108 cm³/mol. The van der Waals surface area contributed by atoms with E-state index >= 15 is 0 Å². The molecule has 3 rings (SSSR count). The first kappa shape index (κ1) is 22.3. The summed E-state index contributed by atoms with van der Waals surface area (Å²) in [4.78, 5) is 62.9. The summed E-state index contributed by atoms with van der Waals surface area (Å²) in [5.41, 5.74) is -0.655. The van der Waals surface area contributed by atoms with Gasteiger partial charge in [0.2, 0.25) is 6.10 Å². The smallest absolute Gasteiger partial charge is 0.327 e. The fourth-order valence-corrected chi connectivity index (χ4v) is 4.08. The minimum atomic E-state index is -1.42. The van der Waals surface area contributed by atoms with Gasteiger partial charge in [0, 0.05) is 12.6 Å². The summed E-state index contributed by atoms with van der Waals surface area (Å²) >= 11 is 0. The van der Waals surface area contributed by atoms with E-state index in [4.69, 9.17) is 4.74 Å². The number of benzene rings is 1. The molecule has 10 nitrogen and oxygen atoms in total. The molecule has 1 saturated heterocycles. The summed E-state index contributed by atoms with van der Waals surface area (Å²) < 4.78 is 5.30. The lowest BCUT2D eigenvalue weighted by Crippen LogP contribution is -2.54. The van der Waals surface area contributed by atoms with Gasteiger partial charge in [-0.2, -0.15) is 0 Å². The van der Waals surface area contributed by atoms with Gasteiger partial charge in [-0.05, 0) is 18.8 Å². The van der Waals surface area contributed by atoms with Crippen LogP contribution in [0.4, 0.5) is 9.59 Å². The van der Waals surface area contributed by atoms with Gasteiger partial charge in [0.1, 0.15) is 12.1 Å². The first-order valence-electron chi connectivity index (χ1n) is 10.2. The molecule has 10 heteroatoms. The van der Waals surface area contributed by atoms with Crippen molar-refractivity contribution in [3.63, 3.8) is 0 Å². The first-order valence-corrected chi connectivity index (χ1v) is 10.2. The summed E-state index contributed by atoms with van der Waals surface area (Å²) in [6.07, 6.45) is 1.69. The summed E-state index contributed by atoms with van der Waals surface area (Å²) in [5.74, 6) is -2.29. The molecule has 0 radical (unpaired) electrons. The molecular weight excluding hydrogens is 404 g/mol. The number of rotatable bonds is 5. The van der Waals surface area contributed by atoms with E-state index in [9.17, 15) is 24.0 Å². The van der Waals surface area contributed by atoms with E-state index in [0.29, 0.717) is 12.0 Å². The maximum atomic E-state index is 13.0. The molecule has 0 aromatic heterocycles. The van der Waals surface area contributed by atoms with E-state index in [1.165, 1.54) is 7.05 Å². The van der Waals surface area contributed by atoms with Gasteiger partial charge in [-0.3, -0.25) is 24.6 Å². The van der Waals surface area contributed by atoms with Crippen molar-refractivity contribution in [3.8, 4) is 0 Å². The summed E-state index contributed by atoms with van der Waals surface area (Å²) in [5, 5.41) is 7.08. The van der Waals surface area contributed by atoms with E-state index in [2.05, 4.69) is 16.0 Å². The summed E-state index contributed by atoms with van der Waals surface area (Å²) in [6.45, 7) is 1.28. The highest BCUT2D eigenvalue weighted by atomic mass is 16.5. The minimum Gasteiger partial charge on any atom is -0.446 e. The van der Waals surface area contributed by atoms with Crippen LogP contribution in [0, 0.1) is 5.92 Å². The average Bonchev–Trinajstić information content (AvgIpc) is 2.99. The number of hydrogen-bond acceptors (Lipinski definition) is 6. The van der Waals surface area contributed by atoms with Gasteiger partial charge in [-0.25, -0.2) is 9.59 Å². The molecule has 3 N–H and O–H groups in total. The molecule has 1 aliphatic heterocycles. The van der Waals surface area contributed by atoms with Crippen LogP contribution in [-0.4, -0.2) is 53.9 Å². The van der Waals surface area contributed by atoms with Gasteiger partial charge in [0.05, 0.1) is 0 Å². The van der Waals surface area contributed by atoms with Gasteiger partial charge in [0.25, 0.3) is 11.8 Å². The predicted octanol–water partition coefficient (Wildman–Crippen LogP) is 1.23. The van der Waals surface area contributed by atoms with Crippen molar-refractivity contribution in [1.82, 2.24) is 20.9 Å².